The highest BCUT2D eigenvalue weighted by atomic mass is 16.5. The first-order valence-electron chi connectivity index (χ1n) is 6.08. The Balaban J connectivity index is 2.01. The van der Waals surface area contributed by atoms with E-state index in [2.05, 4.69) is 9.97 Å². The number of nitrogens with zero attached hydrogens (tertiary/aromatic N) is 3. The third-order valence-corrected chi connectivity index (χ3v) is 3.00. The van der Waals surface area contributed by atoms with Gasteiger partial charge >= 0.3 is 0 Å². The molecule has 0 spiro atoms. The normalized spacial score (nSPS) is 10.7. The first-order chi connectivity index (χ1) is 9.78. The quantitative estimate of drug-likeness (QED) is 0.558. The van der Waals surface area contributed by atoms with Crippen LogP contribution in [0.25, 0.3) is 11.0 Å². The van der Waals surface area contributed by atoms with Gasteiger partial charge in [-0.15, -0.1) is 0 Å². The summed E-state index contributed by atoms with van der Waals surface area (Å²) >= 11 is 0. The van der Waals surface area contributed by atoms with Crippen molar-refractivity contribution in [3.05, 3.63) is 60.2 Å². The van der Waals surface area contributed by atoms with E-state index in [1.165, 1.54) is 0 Å². The summed E-state index contributed by atoms with van der Waals surface area (Å²) in [4.78, 5) is 19.9. The van der Waals surface area contributed by atoms with E-state index in [4.69, 9.17) is 5.21 Å². The molecule has 2 N–H and O–H groups in total. The number of amides is 1. The Labute approximate surface area is 114 Å². The SMILES string of the molecule is O=C(NO)c1ccc2ccn(Cc3ccccn3)c2n1. The lowest BCUT2D eigenvalue weighted by Crippen LogP contribution is -2.20. The van der Waals surface area contributed by atoms with Gasteiger partial charge in [0, 0.05) is 17.8 Å². The molecule has 6 heteroatoms. The Kier molecular flexibility index (Phi) is 3.14. The van der Waals surface area contributed by atoms with Crippen LogP contribution >= 0.6 is 0 Å². The van der Waals surface area contributed by atoms with Gasteiger partial charge in [-0.3, -0.25) is 15.0 Å². The molecule has 0 aliphatic heterocycles. The molecule has 3 aromatic heterocycles. The summed E-state index contributed by atoms with van der Waals surface area (Å²) in [7, 11) is 0. The molecule has 0 unspecified atom stereocenters. The van der Waals surface area contributed by atoms with E-state index in [-0.39, 0.29) is 5.69 Å². The minimum absolute atomic E-state index is 0.168. The summed E-state index contributed by atoms with van der Waals surface area (Å²) in [5.74, 6) is -0.627. The van der Waals surface area contributed by atoms with Crippen LogP contribution < -0.4 is 5.48 Å². The van der Waals surface area contributed by atoms with Crippen LogP contribution in [0, 0.1) is 0 Å². The van der Waals surface area contributed by atoms with Gasteiger partial charge in [-0.1, -0.05) is 6.07 Å². The van der Waals surface area contributed by atoms with Gasteiger partial charge in [-0.2, -0.15) is 0 Å². The highest BCUT2D eigenvalue weighted by Gasteiger charge is 2.09. The van der Waals surface area contributed by atoms with E-state index in [9.17, 15) is 4.79 Å². The third kappa shape index (κ3) is 2.24. The topological polar surface area (TPSA) is 80.0 Å². The molecule has 0 aliphatic carbocycles. The number of nitrogens with one attached hydrogen (secondary N) is 1. The number of fused-ring (bicyclic) bond motifs is 1. The Bertz CT molecular complexity index is 752. The van der Waals surface area contributed by atoms with Crippen LogP contribution in [0.2, 0.25) is 0 Å². The minimum Gasteiger partial charge on any atom is -0.326 e. The molecule has 3 rings (SSSR count). The molecule has 0 fully saturated rings. The molecule has 6 nitrogen and oxygen atoms in total. The van der Waals surface area contributed by atoms with Gasteiger partial charge in [-0.25, -0.2) is 10.5 Å². The van der Waals surface area contributed by atoms with Crippen LogP contribution in [-0.4, -0.2) is 25.6 Å². The number of carbonyl (C=O) groups excluding carboxylic acids is 1. The summed E-state index contributed by atoms with van der Waals surface area (Å²) in [5, 5.41) is 9.59. The lowest BCUT2D eigenvalue weighted by molar-refractivity contribution is 0.0701. The van der Waals surface area contributed by atoms with E-state index in [0.717, 1.165) is 11.1 Å². The van der Waals surface area contributed by atoms with Gasteiger partial charge in [0.25, 0.3) is 5.91 Å². The number of hydroxylamine groups is 1. The number of carbonyl (C=O) groups is 1. The molecule has 0 bridgehead atoms. The Hall–Kier alpha value is -2.73. The summed E-state index contributed by atoms with van der Waals surface area (Å²) in [6.07, 6.45) is 3.63. The first-order valence-corrected chi connectivity index (χ1v) is 6.08. The first kappa shape index (κ1) is 12.3. The standard InChI is InChI=1S/C14H12N4O2/c19-14(17-20)12-5-4-10-6-8-18(13(10)16-12)9-11-3-1-2-7-15-11/h1-8,20H,9H2,(H,17,19). The number of hydrogen-bond donors (Lipinski definition) is 2. The molecular formula is C14H12N4O2. The molecule has 0 saturated carbocycles. The average molecular weight is 268 g/mol. The van der Waals surface area contributed by atoms with Crippen molar-refractivity contribution in [2.75, 3.05) is 0 Å². The lowest BCUT2D eigenvalue weighted by atomic mass is 10.3. The zero-order chi connectivity index (χ0) is 13.9. The van der Waals surface area contributed by atoms with Crippen LogP contribution in [0.1, 0.15) is 16.2 Å². The van der Waals surface area contributed by atoms with Crippen LogP contribution in [-0.2, 0) is 6.54 Å². The second kappa shape index (κ2) is 5.10. The van der Waals surface area contributed by atoms with Crippen molar-refractivity contribution in [3.63, 3.8) is 0 Å². The molecular weight excluding hydrogens is 256 g/mol. The molecule has 0 aliphatic rings. The highest BCUT2D eigenvalue weighted by Crippen LogP contribution is 2.15. The molecule has 0 aromatic carbocycles. The third-order valence-electron chi connectivity index (χ3n) is 3.00. The second-order valence-corrected chi connectivity index (χ2v) is 4.31. The van der Waals surface area contributed by atoms with Crippen molar-refractivity contribution in [1.29, 1.82) is 0 Å². The number of rotatable bonds is 3. The Morgan fingerprint density at radius 2 is 2.15 bits per heavy atom. The predicted molar refractivity (Wildman–Crippen MR) is 72.3 cm³/mol. The van der Waals surface area contributed by atoms with Gasteiger partial charge in [0.1, 0.15) is 11.3 Å². The average Bonchev–Trinajstić information content (AvgIpc) is 2.90. The monoisotopic (exact) mass is 268 g/mol. The van der Waals surface area contributed by atoms with Crippen molar-refractivity contribution < 1.29 is 10.0 Å². The van der Waals surface area contributed by atoms with E-state index in [1.807, 2.05) is 35.0 Å². The fourth-order valence-electron chi connectivity index (χ4n) is 2.04. The Morgan fingerprint density at radius 3 is 2.90 bits per heavy atom. The van der Waals surface area contributed by atoms with E-state index >= 15 is 0 Å². The van der Waals surface area contributed by atoms with Crippen LogP contribution in [0.3, 0.4) is 0 Å². The zero-order valence-corrected chi connectivity index (χ0v) is 10.5. The van der Waals surface area contributed by atoms with E-state index in [0.29, 0.717) is 12.2 Å². The van der Waals surface area contributed by atoms with Crippen LogP contribution in [0.4, 0.5) is 0 Å². The van der Waals surface area contributed by atoms with Crippen molar-refractivity contribution >= 4 is 16.9 Å². The lowest BCUT2D eigenvalue weighted by Gasteiger charge is -2.05. The highest BCUT2D eigenvalue weighted by molar-refractivity contribution is 5.93. The minimum atomic E-state index is -0.627. The van der Waals surface area contributed by atoms with Gasteiger partial charge in [0.2, 0.25) is 0 Å². The fourth-order valence-corrected chi connectivity index (χ4v) is 2.04. The molecule has 0 saturated heterocycles. The number of aromatic nitrogens is 3. The van der Waals surface area contributed by atoms with Crippen LogP contribution in [0.5, 0.6) is 0 Å². The molecule has 100 valence electrons. The summed E-state index contributed by atoms with van der Waals surface area (Å²) in [5.41, 5.74) is 3.34. The van der Waals surface area contributed by atoms with E-state index < -0.39 is 5.91 Å². The maximum atomic E-state index is 11.4. The maximum Gasteiger partial charge on any atom is 0.293 e. The van der Waals surface area contributed by atoms with Crippen molar-refractivity contribution in [3.8, 4) is 0 Å². The van der Waals surface area contributed by atoms with Gasteiger partial charge in [0.05, 0.1) is 12.2 Å². The molecule has 0 atom stereocenters. The van der Waals surface area contributed by atoms with Crippen molar-refractivity contribution in [1.82, 2.24) is 20.0 Å². The number of pyridine rings is 2. The van der Waals surface area contributed by atoms with Gasteiger partial charge in [-0.05, 0) is 30.3 Å². The molecule has 3 heterocycles. The van der Waals surface area contributed by atoms with Crippen molar-refractivity contribution in [2.24, 2.45) is 0 Å². The largest absolute Gasteiger partial charge is 0.326 e. The van der Waals surface area contributed by atoms with E-state index in [1.54, 1.807) is 23.8 Å². The molecule has 3 aromatic rings. The Morgan fingerprint density at radius 1 is 1.25 bits per heavy atom. The summed E-state index contributed by atoms with van der Waals surface area (Å²) in [6.45, 7) is 0.571. The van der Waals surface area contributed by atoms with Crippen molar-refractivity contribution in [2.45, 2.75) is 6.54 Å². The molecule has 20 heavy (non-hydrogen) atoms. The summed E-state index contributed by atoms with van der Waals surface area (Å²) < 4.78 is 1.91. The summed E-state index contributed by atoms with van der Waals surface area (Å²) in [6, 6.07) is 11.0. The predicted octanol–water partition coefficient (Wildman–Crippen LogP) is 1.60. The zero-order valence-electron chi connectivity index (χ0n) is 10.5. The fraction of sp³-hybridized carbons (Fsp3) is 0.0714. The molecule has 1 amide bonds. The van der Waals surface area contributed by atoms with Gasteiger partial charge in [0.15, 0.2) is 0 Å². The maximum absolute atomic E-state index is 11.4. The number of hydrogen-bond acceptors (Lipinski definition) is 4. The van der Waals surface area contributed by atoms with Crippen LogP contribution in [0.15, 0.2) is 48.8 Å². The molecule has 0 radical (unpaired) electrons. The smallest absolute Gasteiger partial charge is 0.293 e. The second-order valence-electron chi connectivity index (χ2n) is 4.31. The van der Waals surface area contributed by atoms with Gasteiger partial charge < -0.3 is 4.57 Å².